The van der Waals surface area contributed by atoms with Crippen molar-refractivity contribution in [2.75, 3.05) is 39.4 Å². The summed E-state index contributed by atoms with van der Waals surface area (Å²) < 4.78 is 10.5. The van der Waals surface area contributed by atoms with Gasteiger partial charge in [-0.15, -0.1) is 0 Å². The van der Waals surface area contributed by atoms with Crippen LogP contribution in [0.15, 0.2) is 0 Å². The molecule has 3 saturated heterocycles. The zero-order valence-corrected chi connectivity index (χ0v) is 15.4. The van der Waals surface area contributed by atoms with Crippen molar-refractivity contribution < 1.29 is 23.9 Å². The van der Waals surface area contributed by atoms with Crippen molar-refractivity contribution in [1.82, 2.24) is 15.1 Å². The number of nitrogens with zero attached hydrogens (tertiary/aromatic N) is 2. The normalized spacial score (nSPS) is 27.0. The molecule has 0 saturated carbocycles. The van der Waals surface area contributed by atoms with Crippen LogP contribution in [-0.2, 0) is 19.1 Å². The number of rotatable bonds is 5. The van der Waals surface area contributed by atoms with E-state index in [1.165, 1.54) is 0 Å². The summed E-state index contributed by atoms with van der Waals surface area (Å²) >= 11 is 0. The van der Waals surface area contributed by atoms with Crippen LogP contribution in [0.1, 0.15) is 39.0 Å². The van der Waals surface area contributed by atoms with E-state index in [4.69, 9.17) is 9.47 Å². The molecule has 26 heavy (non-hydrogen) atoms. The first kappa shape index (κ1) is 18.9. The van der Waals surface area contributed by atoms with Crippen LogP contribution in [0.5, 0.6) is 0 Å². The van der Waals surface area contributed by atoms with E-state index >= 15 is 0 Å². The third-order valence-electron chi connectivity index (χ3n) is 5.49. The molecule has 3 amide bonds. The van der Waals surface area contributed by atoms with Crippen molar-refractivity contribution in [1.29, 1.82) is 0 Å². The Morgan fingerprint density at radius 3 is 2.69 bits per heavy atom. The fraction of sp³-hybridized carbons (Fsp3) is 0.833. The molecular weight excluding hydrogens is 338 g/mol. The highest BCUT2D eigenvalue weighted by atomic mass is 16.6. The molecule has 0 bridgehead atoms. The zero-order valence-electron chi connectivity index (χ0n) is 15.4. The van der Waals surface area contributed by atoms with Crippen LogP contribution in [0.3, 0.4) is 0 Å². The standard InChI is InChI=1S/C18H29N3O5/c1-2-25-18(24)20-7-5-14(6-8-20)21-12-13(10-16(21)22)17(23)19-11-15-4-3-9-26-15/h13-15H,2-12H2,1H3,(H,19,23). The number of hydrogen-bond donors (Lipinski definition) is 1. The van der Waals surface area contributed by atoms with Gasteiger partial charge < -0.3 is 24.6 Å². The molecule has 8 nitrogen and oxygen atoms in total. The van der Waals surface area contributed by atoms with Crippen molar-refractivity contribution in [3.05, 3.63) is 0 Å². The summed E-state index contributed by atoms with van der Waals surface area (Å²) in [5.74, 6) is -0.302. The molecular formula is C18H29N3O5. The number of nitrogens with one attached hydrogen (secondary N) is 1. The van der Waals surface area contributed by atoms with E-state index in [-0.39, 0.29) is 42.4 Å². The van der Waals surface area contributed by atoms with E-state index in [2.05, 4.69) is 5.32 Å². The molecule has 3 aliphatic heterocycles. The molecule has 0 aromatic rings. The fourth-order valence-corrected chi connectivity index (χ4v) is 4.00. The van der Waals surface area contributed by atoms with E-state index in [1.807, 2.05) is 4.90 Å². The second-order valence-corrected chi connectivity index (χ2v) is 7.24. The van der Waals surface area contributed by atoms with Gasteiger partial charge >= 0.3 is 6.09 Å². The van der Waals surface area contributed by atoms with Gasteiger partial charge in [-0.05, 0) is 32.6 Å². The molecule has 0 aliphatic carbocycles. The lowest BCUT2D eigenvalue weighted by Crippen LogP contribution is -2.47. The van der Waals surface area contributed by atoms with Gasteiger partial charge in [-0.1, -0.05) is 0 Å². The van der Waals surface area contributed by atoms with Gasteiger partial charge in [0.1, 0.15) is 0 Å². The van der Waals surface area contributed by atoms with Gasteiger partial charge in [0, 0.05) is 45.2 Å². The Balaban J connectivity index is 1.44. The summed E-state index contributed by atoms with van der Waals surface area (Å²) in [4.78, 5) is 40.0. The second kappa shape index (κ2) is 8.70. The number of ether oxygens (including phenoxy) is 2. The summed E-state index contributed by atoms with van der Waals surface area (Å²) in [6.07, 6.45) is 3.58. The van der Waals surface area contributed by atoms with Crippen LogP contribution in [-0.4, -0.2) is 79.2 Å². The SMILES string of the molecule is CCOC(=O)N1CCC(N2CC(C(=O)NCC3CCCO3)CC2=O)CC1. The number of hydrogen-bond acceptors (Lipinski definition) is 5. The maximum Gasteiger partial charge on any atom is 0.409 e. The van der Waals surface area contributed by atoms with Gasteiger partial charge in [-0.3, -0.25) is 9.59 Å². The Bertz CT molecular complexity index is 527. The predicted octanol–water partition coefficient (Wildman–Crippen LogP) is 0.751. The smallest absolute Gasteiger partial charge is 0.409 e. The zero-order chi connectivity index (χ0) is 18.5. The minimum Gasteiger partial charge on any atom is -0.450 e. The first-order chi connectivity index (χ1) is 12.6. The van der Waals surface area contributed by atoms with E-state index in [0.717, 1.165) is 32.3 Å². The minimum absolute atomic E-state index is 0.0388. The molecule has 8 heteroatoms. The van der Waals surface area contributed by atoms with Crippen LogP contribution >= 0.6 is 0 Å². The van der Waals surface area contributed by atoms with Gasteiger partial charge in [-0.2, -0.15) is 0 Å². The van der Waals surface area contributed by atoms with E-state index < -0.39 is 0 Å². The van der Waals surface area contributed by atoms with Crippen molar-refractivity contribution in [3.8, 4) is 0 Å². The molecule has 0 radical (unpaired) electrons. The average Bonchev–Trinajstić information content (AvgIpc) is 3.29. The lowest BCUT2D eigenvalue weighted by molar-refractivity contribution is -0.131. The molecule has 3 fully saturated rings. The van der Waals surface area contributed by atoms with Crippen LogP contribution in [0, 0.1) is 5.92 Å². The average molecular weight is 367 g/mol. The Morgan fingerprint density at radius 2 is 2.04 bits per heavy atom. The molecule has 146 valence electrons. The monoisotopic (exact) mass is 367 g/mol. The van der Waals surface area contributed by atoms with E-state index in [1.54, 1.807) is 11.8 Å². The number of likely N-dealkylation sites (tertiary alicyclic amines) is 2. The number of piperidine rings is 1. The molecule has 0 spiro atoms. The molecule has 2 atom stereocenters. The molecule has 3 heterocycles. The van der Waals surface area contributed by atoms with Crippen LogP contribution in [0.25, 0.3) is 0 Å². The summed E-state index contributed by atoms with van der Waals surface area (Å²) in [7, 11) is 0. The third kappa shape index (κ3) is 4.47. The Labute approximate surface area is 154 Å². The van der Waals surface area contributed by atoms with Gasteiger partial charge in [0.15, 0.2) is 0 Å². The third-order valence-corrected chi connectivity index (χ3v) is 5.49. The topological polar surface area (TPSA) is 88.2 Å². The summed E-state index contributed by atoms with van der Waals surface area (Å²) in [5, 5.41) is 2.93. The van der Waals surface area contributed by atoms with Crippen LogP contribution in [0.2, 0.25) is 0 Å². The predicted molar refractivity (Wildman–Crippen MR) is 93.4 cm³/mol. The number of carbonyl (C=O) groups is 3. The van der Waals surface area contributed by atoms with Crippen molar-refractivity contribution in [2.24, 2.45) is 5.92 Å². The Kier molecular flexibility index (Phi) is 6.34. The van der Waals surface area contributed by atoms with Crippen LogP contribution in [0.4, 0.5) is 4.79 Å². The fourth-order valence-electron chi connectivity index (χ4n) is 4.00. The second-order valence-electron chi connectivity index (χ2n) is 7.24. The molecule has 1 N–H and O–H groups in total. The summed E-state index contributed by atoms with van der Waals surface area (Å²) in [6, 6.07) is 0.101. The molecule has 2 unspecified atom stereocenters. The Hall–Kier alpha value is -1.83. The minimum atomic E-state index is -0.287. The van der Waals surface area contributed by atoms with Crippen LogP contribution < -0.4 is 5.32 Å². The van der Waals surface area contributed by atoms with E-state index in [9.17, 15) is 14.4 Å². The highest BCUT2D eigenvalue weighted by Crippen LogP contribution is 2.26. The van der Waals surface area contributed by atoms with Gasteiger partial charge in [0.25, 0.3) is 0 Å². The van der Waals surface area contributed by atoms with Crippen molar-refractivity contribution in [2.45, 2.75) is 51.2 Å². The molecule has 3 rings (SSSR count). The number of amides is 3. The van der Waals surface area contributed by atoms with Gasteiger partial charge in [0.05, 0.1) is 18.6 Å². The maximum atomic E-state index is 12.4. The summed E-state index contributed by atoms with van der Waals surface area (Å²) in [6.45, 7) is 5.10. The highest BCUT2D eigenvalue weighted by molar-refractivity contribution is 5.89. The van der Waals surface area contributed by atoms with E-state index in [0.29, 0.717) is 32.8 Å². The first-order valence-electron chi connectivity index (χ1n) is 9.69. The van der Waals surface area contributed by atoms with Gasteiger partial charge in [-0.25, -0.2) is 4.79 Å². The van der Waals surface area contributed by atoms with Crippen molar-refractivity contribution >= 4 is 17.9 Å². The van der Waals surface area contributed by atoms with Crippen molar-refractivity contribution in [3.63, 3.8) is 0 Å². The quantitative estimate of drug-likeness (QED) is 0.775. The summed E-state index contributed by atoms with van der Waals surface area (Å²) in [5.41, 5.74) is 0. The number of carbonyl (C=O) groups excluding carboxylic acids is 3. The van der Waals surface area contributed by atoms with Gasteiger partial charge in [0.2, 0.25) is 11.8 Å². The lowest BCUT2D eigenvalue weighted by atomic mass is 10.0. The lowest BCUT2D eigenvalue weighted by Gasteiger charge is -2.36. The molecule has 3 aliphatic rings. The molecule has 0 aromatic carbocycles. The highest BCUT2D eigenvalue weighted by Gasteiger charge is 2.39. The molecule has 0 aromatic heterocycles. The maximum absolute atomic E-state index is 12.4. The largest absolute Gasteiger partial charge is 0.450 e. The Morgan fingerprint density at radius 1 is 1.27 bits per heavy atom. The first-order valence-corrected chi connectivity index (χ1v) is 9.69.